The first-order valence-corrected chi connectivity index (χ1v) is 12.4. The molecule has 2 aromatic heterocycles. The Bertz CT molecular complexity index is 1110. The summed E-state index contributed by atoms with van der Waals surface area (Å²) < 4.78 is 6.79. The first-order chi connectivity index (χ1) is 15.4. The molecule has 172 valence electrons. The summed E-state index contributed by atoms with van der Waals surface area (Å²) in [5, 5.41) is 4.19. The Morgan fingerprint density at radius 3 is 2.75 bits per heavy atom. The molecule has 0 unspecified atom stereocenters. The van der Waals surface area contributed by atoms with Crippen LogP contribution < -0.4 is 15.8 Å². The number of methoxy groups -OCH3 is 1. The van der Waals surface area contributed by atoms with Crippen molar-refractivity contribution in [2.75, 3.05) is 44.5 Å². The summed E-state index contributed by atoms with van der Waals surface area (Å²) in [6, 6.07) is 10.2. The SMILES string of the molecule is COCCn1c(SCC(=O)NCCCN(C)c2ccccc2)nc2sc(C)c(C)c2c1=O. The van der Waals surface area contributed by atoms with Crippen molar-refractivity contribution in [2.45, 2.75) is 32.0 Å². The zero-order chi connectivity index (χ0) is 23.1. The number of para-hydroxylation sites is 1. The van der Waals surface area contributed by atoms with Crippen LogP contribution >= 0.6 is 23.1 Å². The molecule has 0 saturated heterocycles. The van der Waals surface area contributed by atoms with Crippen LogP contribution in [0.1, 0.15) is 16.9 Å². The van der Waals surface area contributed by atoms with Crippen LogP contribution in [0.15, 0.2) is 40.3 Å². The molecule has 32 heavy (non-hydrogen) atoms. The van der Waals surface area contributed by atoms with E-state index >= 15 is 0 Å². The molecule has 0 spiro atoms. The largest absolute Gasteiger partial charge is 0.383 e. The highest BCUT2D eigenvalue weighted by Gasteiger charge is 2.17. The molecular formula is C23H30N4O3S2. The maximum absolute atomic E-state index is 13.1. The van der Waals surface area contributed by atoms with Crippen LogP contribution in [0.2, 0.25) is 0 Å². The highest BCUT2D eigenvalue weighted by molar-refractivity contribution is 7.99. The molecule has 0 aliphatic heterocycles. The summed E-state index contributed by atoms with van der Waals surface area (Å²) in [5.41, 5.74) is 2.06. The van der Waals surface area contributed by atoms with Gasteiger partial charge in [-0.05, 0) is 38.0 Å². The molecule has 0 fully saturated rings. The molecule has 0 aliphatic carbocycles. The molecule has 0 atom stereocenters. The minimum absolute atomic E-state index is 0.0662. The van der Waals surface area contributed by atoms with Gasteiger partial charge in [-0.3, -0.25) is 14.2 Å². The van der Waals surface area contributed by atoms with Gasteiger partial charge in [-0.1, -0.05) is 30.0 Å². The zero-order valence-electron chi connectivity index (χ0n) is 19.0. The van der Waals surface area contributed by atoms with E-state index in [-0.39, 0.29) is 17.2 Å². The molecule has 0 radical (unpaired) electrons. The standard InChI is InChI=1S/C23H30N4O3S2/c1-16-17(2)32-21-20(16)22(29)27(13-14-30-4)23(25-21)31-15-19(28)24-11-8-12-26(3)18-9-6-5-7-10-18/h5-7,9-10H,8,11-15H2,1-4H3,(H,24,28). The van der Waals surface area contributed by atoms with E-state index in [0.717, 1.165) is 33.9 Å². The highest BCUT2D eigenvalue weighted by atomic mass is 32.2. The van der Waals surface area contributed by atoms with Crippen molar-refractivity contribution in [1.29, 1.82) is 0 Å². The topological polar surface area (TPSA) is 76.5 Å². The van der Waals surface area contributed by atoms with Gasteiger partial charge < -0.3 is 15.0 Å². The number of amides is 1. The maximum Gasteiger partial charge on any atom is 0.263 e. The van der Waals surface area contributed by atoms with Crippen LogP contribution in [0, 0.1) is 13.8 Å². The Morgan fingerprint density at radius 1 is 1.28 bits per heavy atom. The number of nitrogens with one attached hydrogen (secondary N) is 1. The van der Waals surface area contributed by atoms with Crippen molar-refractivity contribution in [1.82, 2.24) is 14.9 Å². The number of nitrogens with zero attached hydrogens (tertiary/aromatic N) is 3. The molecule has 2 heterocycles. The minimum Gasteiger partial charge on any atom is -0.383 e. The number of thioether (sulfide) groups is 1. The molecule has 3 aromatic rings. The van der Waals surface area contributed by atoms with Gasteiger partial charge in [0.15, 0.2) is 5.16 Å². The monoisotopic (exact) mass is 474 g/mol. The van der Waals surface area contributed by atoms with Gasteiger partial charge >= 0.3 is 0 Å². The number of rotatable bonds is 11. The number of hydrogen-bond acceptors (Lipinski definition) is 7. The highest BCUT2D eigenvalue weighted by Crippen LogP contribution is 2.28. The number of aromatic nitrogens is 2. The van der Waals surface area contributed by atoms with E-state index in [1.165, 1.54) is 23.1 Å². The molecule has 1 amide bonds. The lowest BCUT2D eigenvalue weighted by atomic mass is 10.2. The second-order valence-electron chi connectivity index (χ2n) is 7.56. The van der Waals surface area contributed by atoms with E-state index in [4.69, 9.17) is 9.72 Å². The van der Waals surface area contributed by atoms with Gasteiger partial charge in [0.05, 0.1) is 24.3 Å². The number of aryl methyl sites for hydroxylation is 2. The molecule has 7 nitrogen and oxygen atoms in total. The summed E-state index contributed by atoms with van der Waals surface area (Å²) in [5.74, 6) is 0.145. The van der Waals surface area contributed by atoms with Crippen molar-refractivity contribution < 1.29 is 9.53 Å². The number of ether oxygens (including phenoxy) is 1. The number of carbonyl (C=O) groups is 1. The fourth-order valence-corrected chi connectivity index (χ4v) is 5.26. The summed E-state index contributed by atoms with van der Waals surface area (Å²) in [6.07, 6.45) is 0.846. The van der Waals surface area contributed by atoms with E-state index in [1.807, 2.05) is 39.1 Å². The molecule has 0 saturated carbocycles. The Morgan fingerprint density at radius 2 is 2.03 bits per heavy atom. The Kier molecular flexibility index (Phi) is 8.72. The third kappa shape index (κ3) is 5.90. The van der Waals surface area contributed by atoms with Crippen LogP contribution in [0.25, 0.3) is 10.2 Å². The molecule has 1 N–H and O–H groups in total. The second-order valence-corrected chi connectivity index (χ2v) is 9.70. The minimum atomic E-state index is -0.0687. The molecule has 3 rings (SSSR count). The Balaban J connectivity index is 1.57. The van der Waals surface area contributed by atoms with Crippen molar-refractivity contribution in [2.24, 2.45) is 0 Å². The van der Waals surface area contributed by atoms with Gasteiger partial charge in [0.1, 0.15) is 4.83 Å². The second kappa shape index (κ2) is 11.5. The molecular weight excluding hydrogens is 444 g/mol. The van der Waals surface area contributed by atoms with Crippen LogP contribution in [0.3, 0.4) is 0 Å². The number of thiophene rings is 1. The summed E-state index contributed by atoms with van der Waals surface area (Å²) in [7, 11) is 3.65. The lowest BCUT2D eigenvalue weighted by Gasteiger charge is -2.19. The zero-order valence-corrected chi connectivity index (χ0v) is 20.6. The van der Waals surface area contributed by atoms with E-state index in [9.17, 15) is 9.59 Å². The Labute approximate surface area is 196 Å². The van der Waals surface area contributed by atoms with E-state index < -0.39 is 0 Å². The lowest BCUT2D eigenvalue weighted by Crippen LogP contribution is -2.30. The maximum atomic E-state index is 13.1. The first kappa shape index (κ1) is 24.3. The summed E-state index contributed by atoms with van der Waals surface area (Å²) in [6.45, 7) is 6.21. The Hall–Kier alpha value is -2.36. The van der Waals surface area contributed by atoms with Gasteiger partial charge in [0, 0.05) is 37.8 Å². The molecule has 0 aliphatic rings. The first-order valence-electron chi connectivity index (χ1n) is 10.6. The number of benzene rings is 1. The summed E-state index contributed by atoms with van der Waals surface area (Å²) >= 11 is 2.81. The number of carbonyl (C=O) groups excluding carboxylic acids is 1. The average molecular weight is 475 g/mol. The van der Waals surface area contributed by atoms with E-state index in [1.54, 1.807) is 11.7 Å². The summed E-state index contributed by atoms with van der Waals surface area (Å²) in [4.78, 5) is 34.1. The van der Waals surface area contributed by atoms with Gasteiger partial charge in [0.25, 0.3) is 5.56 Å². The van der Waals surface area contributed by atoms with Crippen molar-refractivity contribution in [3.63, 3.8) is 0 Å². The van der Waals surface area contributed by atoms with Crippen molar-refractivity contribution >= 4 is 44.9 Å². The molecule has 1 aromatic carbocycles. The van der Waals surface area contributed by atoms with E-state index in [0.29, 0.717) is 30.2 Å². The van der Waals surface area contributed by atoms with Crippen LogP contribution in [-0.4, -0.2) is 55.1 Å². The fourth-order valence-electron chi connectivity index (χ4n) is 3.34. The van der Waals surface area contributed by atoms with Crippen LogP contribution in [0.4, 0.5) is 5.69 Å². The third-order valence-corrected chi connectivity index (χ3v) is 7.37. The van der Waals surface area contributed by atoms with Gasteiger partial charge in [-0.25, -0.2) is 4.98 Å². The number of hydrogen-bond donors (Lipinski definition) is 1. The predicted molar refractivity (Wildman–Crippen MR) is 133 cm³/mol. The average Bonchev–Trinajstić information content (AvgIpc) is 3.08. The number of fused-ring (bicyclic) bond motifs is 1. The third-order valence-electron chi connectivity index (χ3n) is 5.29. The fraction of sp³-hybridized carbons (Fsp3) is 0.435. The predicted octanol–water partition coefficient (Wildman–Crippen LogP) is 3.46. The number of anilines is 1. The molecule has 0 bridgehead atoms. The van der Waals surface area contributed by atoms with Crippen LogP contribution in [-0.2, 0) is 16.1 Å². The van der Waals surface area contributed by atoms with Crippen LogP contribution in [0.5, 0.6) is 0 Å². The van der Waals surface area contributed by atoms with Crippen molar-refractivity contribution in [3.8, 4) is 0 Å². The normalized spacial score (nSPS) is 11.1. The lowest BCUT2D eigenvalue weighted by molar-refractivity contribution is -0.118. The van der Waals surface area contributed by atoms with Crippen molar-refractivity contribution in [3.05, 3.63) is 51.1 Å². The smallest absolute Gasteiger partial charge is 0.263 e. The molecule has 9 heteroatoms. The van der Waals surface area contributed by atoms with Gasteiger partial charge in [-0.2, -0.15) is 0 Å². The quantitative estimate of drug-likeness (QED) is 0.261. The van der Waals surface area contributed by atoms with Gasteiger partial charge in [-0.15, -0.1) is 11.3 Å². The van der Waals surface area contributed by atoms with E-state index in [2.05, 4.69) is 22.3 Å². The van der Waals surface area contributed by atoms with Gasteiger partial charge in [0.2, 0.25) is 5.91 Å².